The van der Waals surface area contributed by atoms with Crippen LogP contribution in [0.1, 0.15) is 13.3 Å². The second-order valence-electron chi connectivity index (χ2n) is 2.83. The maximum Gasteiger partial charge on any atom is 0.00725 e. The van der Waals surface area contributed by atoms with E-state index in [-0.39, 0.29) is 0 Å². The number of nitrogens with one attached hydrogen (secondary N) is 1. The van der Waals surface area contributed by atoms with E-state index in [2.05, 4.69) is 48.7 Å². The van der Waals surface area contributed by atoms with Crippen molar-refractivity contribution in [1.29, 1.82) is 0 Å². The summed E-state index contributed by atoms with van der Waals surface area (Å²) in [7, 11) is 1.93. The second kappa shape index (κ2) is 4.60. The fourth-order valence-corrected chi connectivity index (χ4v) is 0.969. The van der Waals surface area contributed by atoms with Gasteiger partial charge in [0, 0.05) is 12.7 Å². The fraction of sp³-hybridized carbons (Fsp3) is 0.273. The summed E-state index contributed by atoms with van der Waals surface area (Å²) in [4.78, 5) is 0. The molecule has 0 fully saturated rings. The quantitative estimate of drug-likeness (QED) is 0.656. The van der Waals surface area contributed by atoms with Gasteiger partial charge in [-0.05, 0) is 25.0 Å². The van der Waals surface area contributed by atoms with Crippen molar-refractivity contribution in [2.24, 2.45) is 0 Å². The highest BCUT2D eigenvalue weighted by Gasteiger charge is 1.90. The van der Waals surface area contributed by atoms with Crippen LogP contribution >= 0.6 is 0 Å². The molecule has 0 radical (unpaired) electrons. The molecular weight excluding hydrogens is 146 g/mol. The Morgan fingerprint density at radius 2 is 2.33 bits per heavy atom. The van der Waals surface area contributed by atoms with E-state index in [1.165, 1.54) is 11.3 Å². The molecule has 0 aromatic carbocycles. The minimum atomic E-state index is 1.05. The van der Waals surface area contributed by atoms with Crippen LogP contribution in [0.15, 0.2) is 47.7 Å². The first-order valence-corrected chi connectivity index (χ1v) is 4.21. The first kappa shape index (κ1) is 8.85. The van der Waals surface area contributed by atoms with Gasteiger partial charge < -0.3 is 5.32 Å². The zero-order valence-electron chi connectivity index (χ0n) is 7.67. The van der Waals surface area contributed by atoms with Crippen molar-refractivity contribution in [3.8, 4) is 0 Å². The molecule has 1 nitrogen and oxygen atoms in total. The summed E-state index contributed by atoms with van der Waals surface area (Å²) in [6.45, 7) is 2.06. The van der Waals surface area contributed by atoms with Crippen LogP contribution in [0.25, 0.3) is 0 Å². The van der Waals surface area contributed by atoms with Gasteiger partial charge in [0.2, 0.25) is 0 Å². The lowest BCUT2D eigenvalue weighted by Crippen LogP contribution is -2.00. The summed E-state index contributed by atoms with van der Waals surface area (Å²) in [5.74, 6) is 0. The Labute approximate surface area is 74.2 Å². The van der Waals surface area contributed by atoms with Crippen molar-refractivity contribution in [3.05, 3.63) is 47.7 Å². The molecule has 64 valence electrons. The van der Waals surface area contributed by atoms with Crippen molar-refractivity contribution in [1.82, 2.24) is 5.32 Å². The number of hydrogen-bond acceptors (Lipinski definition) is 1. The van der Waals surface area contributed by atoms with Crippen LogP contribution in [0.2, 0.25) is 0 Å². The highest BCUT2D eigenvalue weighted by molar-refractivity contribution is 5.32. The highest BCUT2D eigenvalue weighted by atomic mass is 14.8. The van der Waals surface area contributed by atoms with Crippen molar-refractivity contribution >= 4 is 0 Å². The first-order chi connectivity index (χ1) is 5.83. The van der Waals surface area contributed by atoms with Crippen LogP contribution in [0, 0.1) is 0 Å². The molecule has 0 bridgehead atoms. The van der Waals surface area contributed by atoms with Crippen LogP contribution in [0.5, 0.6) is 0 Å². The van der Waals surface area contributed by atoms with Crippen molar-refractivity contribution in [2.45, 2.75) is 13.3 Å². The van der Waals surface area contributed by atoms with E-state index in [0.717, 1.165) is 6.42 Å². The highest BCUT2D eigenvalue weighted by Crippen LogP contribution is 2.09. The Balaban J connectivity index is 2.58. The largest absolute Gasteiger partial charge is 0.392 e. The molecule has 0 aromatic heterocycles. The lowest BCUT2D eigenvalue weighted by Gasteiger charge is -2.00. The molecule has 0 heterocycles. The number of allylic oxidation sites excluding steroid dienone is 8. The van der Waals surface area contributed by atoms with Gasteiger partial charge in [-0.1, -0.05) is 30.4 Å². The average Bonchev–Trinajstić information content (AvgIpc) is 2.16. The molecule has 0 aromatic rings. The van der Waals surface area contributed by atoms with Crippen molar-refractivity contribution in [3.63, 3.8) is 0 Å². The molecule has 0 saturated carbocycles. The molecule has 0 aliphatic heterocycles. The molecule has 0 spiro atoms. The van der Waals surface area contributed by atoms with Gasteiger partial charge in [0.05, 0.1) is 0 Å². The van der Waals surface area contributed by atoms with Crippen LogP contribution in [0.4, 0.5) is 0 Å². The monoisotopic (exact) mass is 161 g/mol. The van der Waals surface area contributed by atoms with E-state index in [0.29, 0.717) is 0 Å². The summed E-state index contributed by atoms with van der Waals surface area (Å²) < 4.78 is 0. The van der Waals surface area contributed by atoms with E-state index in [9.17, 15) is 0 Å². The van der Waals surface area contributed by atoms with Gasteiger partial charge in [0.25, 0.3) is 0 Å². The second-order valence-corrected chi connectivity index (χ2v) is 2.83. The van der Waals surface area contributed by atoms with Gasteiger partial charge in [-0.3, -0.25) is 0 Å². The summed E-state index contributed by atoms with van der Waals surface area (Å²) in [6, 6.07) is 0. The lowest BCUT2D eigenvalue weighted by molar-refractivity contribution is 0.989. The molecule has 1 N–H and O–H groups in total. The van der Waals surface area contributed by atoms with E-state index in [1.807, 2.05) is 7.05 Å². The van der Waals surface area contributed by atoms with Crippen LogP contribution in [-0.2, 0) is 0 Å². The molecule has 1 rings (SSSR count). The van der Waals surface area contributed by atoms with Crippen LogP contribution < -0.4 is 5.32 Å². The summed E-state index contributed by atoms with van der Waals surface area (Å²) in [5.41, 5.74) is 2.54. The van der Waals surface area contributed by atoms with Gasteiger partial charge in [0.1, 0.15) is 0 Å². The van der Waals surface area contributed by atoms with Crippen molar-refractivity contribution < 1.29 is 0 Å². The zero-order chi connectivity index (χ0) is 8.81. The molecule has 12 heavy (non-hydrogen) atoms. The topological polar surface area (TPSA) is 12.0 Å². The number of rotatable bonds is 2. The average molecular weight is 161 g/mol. The van der Waals surface area contributed by atoms with Crippen LogP contribution in [-0.4, -0.2) is 7.05 Å². The maximum atomic E-state index is 3.08. The third-order valence-electron chi connectivity index (χ3n) is 1.85. The molecule has 0 unspecified atom stereocenters. The number of hydrogen-bond donors (Lipinski definition) is 1. The molecule has 0 amide bonds. The predicted octanol–water partition coefficient (Wildman–Crippen LogP) is 2.55. The molecule has 1 aliphatic carbocycles. The Bertz CT molecular complexity index is 254. The third kappa shape index (κ3) is 2.79. The Hall–Kier alpha value is -1.24. The van der Waals surface area contributed by atoms with E-state index >= 15 is 0 Å². The molecule has 1 heteroatoms. The maximum absolute atomic E-state index is 3.08. The fourth-order valence-electron chi connectivity index (χ4n) is 0.969. The SMILES string of the molecule is CN/C(C)=C\C=C1\C=CC=CC1. The molecular formula is C11H15N. The predicted molar refractivity (Wildman–Crippen MR) is 53.8 cm³/mol. The molecule has 0 atom stereocenters. The van der Waals surface area contributed by atoms with Crippen molar-refractivity contribution in [2.75, 3.05) is 7.05 Å². The Morgan fingerprint density at radius 1 is 1.50 bits per heavy atom. The lowest BCUT2D eigenvalue weighted by atomic mass is 10.1. The van der Waals surface area contributed by atoms with E-state index < -0.39 is 0 Å². The Kier molecular flexibility index (Phi) is 3.39. The van der Waals surface area contributed by atoms with Gasteiger partial charge in [0.15, 0.2) is 0 Å². The van der Waals surface area contributed by atoms with Gasteiger partial charge in [-0.15, -0.1) is 0 Å². The van der Waals surface area contributed by atoms with E-state index in [1.54, 1.807) is 0 Å². The Morgan fingerprint density at radius 3 is 2.92 bits per heavy atom. The van der Waals surface area contributed by atoms with E-state index in [4.69, 9.17) is 0 Å². The molecule has 1 aliphatic rings. The smallest absolute Gasteiger partial charge is 0.00725 e. The van der Waals surface area contributed by atoms with Gasteiger partial charge >= 0.3 is 0 Å². The van der Waals surface area contributed by atoms with Gasteiger partial charge in [-0.2, -0.15) is 0 Å². The minimum Gasteiger partial charge on any atom is -0.392 e. The standard InChI is InChI=1S/C11H15N/c1-10(12-2)8-9-11-6-4-3-5-7-11/h3-6,8-9,12H,7H2,1-2H3/b10-8-,11-9-. The zero-order valence-corrected chi connectivity index (χ0v) is 7.67. The summed E-state index contributed by atoms with van der Waals surface area (Å²) in [6.07, 6.45) is 13.7. The summed E-state index contributed by atoms with van der Waals surface area (Å²) in [5, 5.41) is 3.08. The minimum absolute atomic E-state index is 1.05. The first-order valence-electron chi connectivity index (χ1n) is 4.21. The normalized spacial score (nSPS) is 20.2. The van der Waals surface area contributed by atoms with Crippen LogP contribution in [0.3, 0.4) is 0 Å². The summed E-state index contributed by atoms with van der Waals surface area (Å²) >= 11 is 0. The third-order valence-corrected chi connectivity index (χ3v) is 1.85. The van der Waals surface area contributed by atoms with Gasteiger partial charge in [-0.25, -0.2) is 0 Å². The molecule has 0 saturated heterocycles.